The Kier molecular flexibility index (Phi) is 19.6. The van der Waals surface area contributed by atoms with Crippen LogP contribution in [0.1, 0.15) is 8.85 Å². The average Bonchev–Trinajstić information content (AvgIpc) is 3.12. The summed E-state index contributed by atoms with van der Waals surface area (Å²) in [7, 11) is 10.8. The maximum Gasteiger partial charge on any atom is 0.232 e. The lowest BCUT2D eigenvalue weighted by Crippen LogP contribution is -3.00. The van der Waals surface area contributed by atoms with Gasteiger partial charge < -0.3 is 60.0 Å². The van der Waals surface area contributed by atoms with Gasteiger partial charge in [-0.1, -0.05) is 43.3 Å². The van der Waals surface area contributed by atoms with E-state index in [9.17, 15) is 10.2 Å². The lowest BCUT2D eigenvalue weighted by atomic mass is 10.1. The first-order valence-electron chi connectivity index (χ1n) is 15.7. The number of aromatic nitrogens is 4. The SMILES string of the molecule is C.CN(C)c1ccc([NH3+])cc1O.COc1ccccc1-c1cc(Cl)ncn1.COc1ccccc1-c1cc([NH2+]c2ccc(N(C)C)c(O)c2)ncn1.[Cl-].[Cl-].[HH]. The highest BCUT2D eigenvalue weighted by molar-refractivity contribution is 6.29. The van der Waals surface area contributed by atoms with Gasteiger partial charge in [0.15, 0.2) is 0 Å². The van der Waals surface area contributed by atoms with Gasteiger partial charge in [-0.3, -0.25) is 5.32 Å². The van der Waals surface area contributed by atoms with Gasteiger partial charge in [-0.05, 0) is 36.4 Å². The number of halogens is 3. The van der Waals surface area contributed by atoms with E-state index < -0.39 is 0 Å². The molecular formula is C39H49Cl3N8O4. The summed E-state index contributed by atoms with van der Waals surface area (Å²) in [5, 5.41) is 21.8. The minimum atomic E-state index is 0. The Bertz CT molecular complexity index is 2060. The van der Waals surface area contributed by atoms with E-state index >= 15 is 0 Å². The number of rotatable bonds is 8. The maximum atomic E-state index is 10.1. The number of ether oxygens (including phenoxy) is 2. The normalized spacial score (nSPS) is 9.63. The Morgan fingerprint density at radius 1 is 0.648 bits per heavy atom. The van der Waals surface area contributed by atoms with Crippen molar-refractivity contribution in [3.8, 4) is 45.5 Å². The highest BCUT2D eigenvalue weighted by Gasteiger charge is 2.12. The van der Waals surface area contributed by atoms with E-state index in [1.165, 1.54) is 12.7 Å². The van der Waals surface area contributed by atoms with Crippen molar-refractivity contribution in [2.24, 2.45) is 0 Å². The van der Waals surface area contributed by atoms with Crippen LogP contribution < -0.4 is 55.1 Å². The van der Waals surface area contributed by atoms with Crippen LogP contribution in [0.3, 0.4) is 0 Å². The summed E-state index contributed by atoms with van der Waals surface area (Å²) in [6.45, 7) is 0. The van der Waals surface area contributed by atoms with Gasteiger partial charge in [0.1, 0.15) is 52.2 Å². The van der Waals surface area contributed by atoms with Crippen molar-refractivity contribution in [3.05, 3.63) is 115 Å². The van der Waals surface area contributed by atoms with Gasteiger partial charge in [0, 0.05) is 77.1 Å². The minimum absolute atomic E-state index is 0. The lowest BCUT2D eigenvalue weighted by Gasteiger charge is -2.14. The molecule has 0 radical (unpaired) electrons. The molecule has 290 valence electrons. The third-order valence-corrected chi connectivity index (χ3v) is 7.61. The fraction of sp³-hybridized carbons (Fsp3) is 0.179. The minimum Gasteiger partial charge on any atom is -1.00 e. The van der Waals surface area contributed by atoms with Gasteiger partial charge in [0.05, 0.1) is 37.0 Å². The standard InChI is InChI=1S/C19H20N4O2.C11H9ClN2O.C8H12N2O.CH4.2ClH.H2/c1-23(2)16-9-8-13(10-17(16)24)22-19-11-15(20-12-21-19)14-6-4-5-7-18(14)25-3;1-15-10-5-3-2-4-8(10)9-6-11(12)14-7-13-9;1-10(2)7-4-3-6(9)5-8(7)11;;;;/h4-12,24H,1-3H3,(H,20,21,22);2-7H,1H3;3-5,11H,9H2,1-2H3;1H4;3*1H. The highest BCUT2D eigenvalue weighted by Crippen LogP contribution is 2.31. The third-order valence-electron chi connectivity index (χ3n) is 7.41. The van der Waals surface area contributed by atoms with E-state index in [1.807, 2.05) is 122 Å². The van der Waals surface area contributed by atoms with Gasteiger partial charge in [0.2, 0.25) is 5.82 Å². The van der Waals surface area contributed by atoms with E-state index in [0.717, 1.165) is 62.6 Å². The van der Waals surface area contributed by atoms with E-state index in [4.69, 9.17) is 21.1 Å². The smallest absolute Gasteiger partial charge is 0.232 e. The number of benzene rings is 4. The molecule has 6 rings (SSSR count). The predicted octanol–water partition coefficient (Wildman–Crippen LogP) is 0.478. The van der Waals surface area contributed by atoms with E-state index in [2.05, 4.69) is 25.7 Å². The Morgan fingerprint density at radius 2 is 1.13 bits per heavy atom. The van der Waals surface area contributed by atoms with Crippen molar-refractivity contribution in [3.63, 3.8) is 0 Å². The van der Waals surface area contributed by atoms with Gasteiger partial charge >= 0.3 is 0 Å². The Morgan fingerprint density at radius 3 is 1.61 bits per heavy atom. The van der Waals surface area contributed by atoms with Crippen molar-refractivity contribution in [1.29, 1.82) is 0 Å². The number of aromatic hydroxyl groups is 2. The molecule has 0 spiro atoms. The number of methoxy groups -OCH3 is 2. The Labute approximate surface area is 335 Å². The van der Waals surface area contributed by atoms with Crippen LogP contribution in [0, 0.1) is 0 Å². The summed E-state index contributed by atoms with van der Waals surface area (Å²) in [6, 6.07) is 29.9. The molecule has 0 aliphatic carbocycles. The molecule has 0 unspecified atom stereocenters. The number of phenols is 2. The maximum absolute atomic E-state index is 10.1. The Hall–Kier alpha value is -5.37. The third kappa shape index (κ3) is 12.9. The first-order valence-corrected chi connectivity index (χ1v) is 16.1. The first kappa shape index (κ1) is 46.7. The molecule has 0 fully saturated rings. The number of phenolic OH excluding ortho intramolecular Hbond substituents is 2. The molecule has 54 heavy (non-hydrogen) atoms. The molecule has 0 atom stereocenters. The van der Waals surface area contributed by atoms with Crippen LogP contribution in [0.2, 0.25) is 5.15 Å². The second-order valence-corrected chi connectivity index (χ2v) is 11.8. The van der Waals surface area contributed by atoms with Crippen molar-refractivity contribution in [1.82, 2.24) is 19.9 Å². The largest absolute Gasteiger partial charge is 1.00 e. The first-order chi connectivity index (χ1) is 24.5. The van der Waals surface area contributed by atoms with Crippen LogP contribution in [0.5, 0.6) is 23.0 Å². The second kappa shape index (κ2) is 22.6. The van der Waals surface area contributed by atoms with Crippen LogP contribution in [0.4, 0.5) is 28.6 Å². The zero-order valence-electron chi connectivity index (χ0n) is 30.2. The zero-order chi connectivity index (χ0) is 36.9. The fourth-order valence-electron chi connectivity index (χ4n) is 4.92. The van der Waals surface area contributed by atoms with E-state index in [1.54, 1.807) is 32.4 Å². The molecule has 2 heterocycles. The molecule has 2 aromatic heterocycles. The lowest BCUT2D eigenvalue weighted by molar-refractivity contribution is -0.483. The van der Waals surface area contributed by atoms with Gasteiger partial charge in [0.25, 0.3) is 0 Å². The number of hydrogen-bond acceptors (Lipinski definition) is 10. The molecule has 0 aliphatic rings. The molecule has 0 aliphatic heterocycles. The highest BCUT2D eigenvalue weighted by atomic mass is 35.5. The number of quaternary nitrogens is 2. The second-order valence-electron chi connectivity index (χ2n) is 11.5. The molecule has 0 saturated carbocycles. The summed E-state index contributed by atoms with van der Waals surface area (Å²) in [4.78, 5) is 20.3. The van der Waals surface area contributed by atoms with Crippen LogP contribution in [0.15, 0.2) is 110 Å². The molecule has 12 nitrogen and oxygen atoms in total. The quantitative estimate of drug-likeness (QED) is 0.126. The van der Waals surface area contributed by atoms with Crippen LogP contribution >= 0.6 is 11.6 Å². The molecule has 0 bridgehead atoms. The summed E-state index contributed by atoms with van der Waals surface area (Å²) in [6.07, 6.45) is 2.96. The van der Waals surface area contributed by atoms with Gasteiger partial charge in [-0.2, -0.15) is 4.98 Å². The molecule has 4 aromatic carbocycles. The Balaban J connectivity index is 0.000000837. The summed E-state index contributed by atoms with van der Waals surface area (Å²) in [5.74, 6) is 2.81. The summed E-state index contributed by atoms with van der Waals surface area (Å²) in [5.41, 5.74) is 10.3. The molecule has 0 amide bonds. The number of nitrogens with two attached hydrogens (primary N) is 1. The van der Waals surface area contributed by atoms with Gasteiger partial charge in [-0.15, -0.1) is 0 Å². The van der Waals surface area contributed by atoms with E-state index in [-0.39, 0.29) is 45.2 Å². The van der Waals surface area contributed by atoms with E-state index in [0.29, 0.717) is 5.15 Å². The molecule has 0 saturated heterocycles. The number of anilines is 2. The topological polar surface area (TPSA) is 161 Å². The molecule has 7 N–H and O–H groups in total. The van der Waals surface area contributed by atoms with Crippen LogP contribution in [0.25, 0.3) is 22.5 Å². The molecule has 15 heteroatoms. The molecule has 6 aromatic rings. The number of nitrogens with zero attached hydrogens (tertiary/aromatic N) is 6. The number of hydrogen-bond donors (Lipinski definition) is 4. The number of para-hydroxylation sites is 2. The fourth-order valence-corrected chi connectivity index (χ4v) is 5.07. The van der Waals surface area contributed by atoms with Gasteiger partial charge in [-0.25, -0.2) is 15.0 Å². The van der Waals surface area contributed by atoms with Crippen LogP contribution in [-0.2, 0) is 0 Å². The van der Waals surface area contributed by atoms with Crippen LogP contribution in [-0.4, -0.2) is 72.6 Å². The van der Waals surface area contributed by atoms with Crippen molar-refractivity contribution in [2.45, 2.75) is 7.43 Å². The van der Waals surface area contributed by atoms with Crippen molar-refractivity contribution in [2.75, 3.05) is 52.2 Å². The molecular weight excluding hydrogens is 751 g/mol. The van der Waals surface area contributed by atoms with Crippen molar-refractivity contribution >= 4 is 40.2 Å². The predicted molar refractivity (Wildman–Crippen MR) is 211 cm³/mol. The van der Waals surface area contributed by atoms with Crippen molar-refractivity contribution < 1.29 is 57.0 Å². The monoisotopic (exact) mass is 798 g/mol. The zero-order valence-corrected chi connectivity index (χ0v) is 32.5. The summed E-state index contributed by atoms with van der Waals surface area (Å²) < 4.78 is 10.6. The summed E-state index contributed by atoms with van der Waals surface area (Å²) >= 11 is 5.80. The average molecular weight is 800 g/mol.